The molecular formula is C14H20ClNO. The molecule has 0 saturated heterocycles. The minimum absolute atomic E-state index is 0.0907. The molecule has 2 N–H and O–H groups in total. The molecule has 0 atom stereocenters. The maximum Gasteiger partial charge on any atom is 0.141 e. The van der Waals surface area contributed by atoms with Gasteiger partial charge in [-0.2, -0.15) is 0 Å². The predicted octanol–water partition coefficient (Wildman–Crippen LogP) is 3.35. The molecule has 1 fully saturated rings. The summed E-state index contributed by atoms with van der Waals surface area (Å²) in [4.78, 5) is 0. The number of ether oxygens (including phenoxy) is 1. The fourth-order valence-corrected chi connectivity index (χ4v) is 2.96. The molecule has 0 amide bonds. The lowest BCUT2D eigenvalue weighted by Gasteiger charge is -2.42. The highest BCUT2D eigenvalue weighted by molar-refractivity contribution is 6.33. The van der Waals surface area contributed by atoms with Crippen LogP contribution in [0.3, 0.4) is 0 Å². The minimum atomic E-state index is 0.0907. The van der Waals surface area contributed by atoms with Gasteiger partial charge in [0.2, 0.25) is 0 Å². The highest BCUT2D eigenvalue weighted by atomic mass is 35.5. The van der Waals surface area contributed by atoms with Gasteiger partial charge < -0.3 is 10.5 Å². The minimum Gasteiger partial charge on any atom is -0.495 e. The fourth-order valence-electron chi connectivity index (χ4n) is 2.63. The normalized spacial score (nSPS) is 17.7. The molecule has 0 aromatic heterocycles. The van der Waals surface area contributed by atoms with Crippen LogP contribution in [0.2, 0.25) is 5.02 Å². The summed E-state index contributed by atoms with van der Waals surface area (Å²) in [6.45, 7) is 4.79. The van der Waals surface area contributed by atoms with Gasteiger partial charge >= 0.3 is 0 Å². The zero-order valence-corrected chi connectivity index (χ0v) is 11.5. The van der Waals surface area contributed by atoms with Gasteiger partial charge in [0.1, 0.15) is 5.75 Å². The van der Waals surface area contributed by atoms with Crippen LogP contribution in [-0.2, 0) is 5.41 Å². The Balaban J connectivity index is 2.60. The van der Waals surface area contributed by atoms with E-state index in [1.54, 1.807) is 7.11 Å². The van der Waals surface area contributed by atoms with E-state index >= 15 is 0 Å². The molecule has 1 aromatic rings. The number of halogens is 1. The summed E-state index contributed by atoms with van der Waals surface area (Å²) in [5, 5.41) is 0.738. The Bertz CT molecular complexity index is 433. The Morgan fingerprint density at radius 2 is 2.06 bits per heavy atom. The van der Waals surface area contributed by atoms with Crippen LogP contribution in [-0.4, -0.2) is 13.7 Å². The number of benzene rings is 1. The monoisotopic (exact) mass is 253 g/mol. The van der Waals surface area contributed by atoms with Crippen molar-refractivity contribution in [1.29, 1.82) is 0 Å². The molecule has 1 saturated carbocycles. The summed E-state index contributed by atoms with van der Waals surface area (Å²) in [7, 11) is 1.68. The van der Waals surface area contributed by atoms with Gasteiger partial charge in [0, 0.05) is 17.5 Å². The Hall–Kier alpha value is -0.730. The van der Waals surface area contributed by atoms with Crippen molar-refractivity contribution >= 4 is 11.6 Å². The van der Waals surface area contributed by atoms with E-state index in [1.165, 1.54) is 17.5 Å². The summed E-state index contributed by atoms with van der Waals surface area (Å²) in [6.07, 6.45) is 3.52. The van der Waals surface area contributed by atoms with E-state index in [1.807, 2.05) is 6.92 Å². The van der Waals surface area contributed by atoms with Crippen LogP contribution in [0.4, 0.5) is 0 Å². The highest BCUT2D eigenvalue weighted by Crippen LogP contribution is 2.49. The first-order valence-electron chi connectivity index (χ1n) is 6.10. The van der Waals surface area contributed by atoms with E-state index in [9.17, 15) is 0 Å². The second kappa shape index (κ2) is 4.51. The summed E-state index contributed by atoms with van der Waals surface area (Å²) in [6, 6.07) is 2.20. The zero-order valence-electron chi connectivity index (χ0n) is 10.8. The van der Waals surface area contributed by atoms with Crippen LogP contribution in [0.15, 0.2) is 6.07 Å². The van der Waals surface area contributed by atoms with Gasteiger partial charge in [-0.25, -0.2) is 0 Å². The molecule has 0 aliphatic heterocycles. The van der Waals surface area contributed by atoms with Gasteiger partial charge in [0.15, 0.2) is 0 Å². The smallest absolute Gasteiger partial charge is 0.141 e. The van der Waals surface area contributed by atoms with Crippen LogP contribution in [0.5, 0.6) is 5.75 Å². The molecule has 2 rings (SSSR count). The Morgan fingerprint density at radius 3 is 2.47 bits per heavy atom. The first-order chi connectivity index (χ1) is 8.05. The summed E-state index contributed by atoms with van der Waals surface area (Å²) in [5.74, 6) is 0.819. The van der Waals surface area contributed by atoms with Crippen molar-refractivity contribution < 1.29 is 4.74 Å². The quantitative estimate of drug-likeness (QED) is 0.897. The lowest BCUT2D eigenvalue weighted by atomic mass is 9.64. The molecule has 2 nitrogen and oxygen atoms in total. The van der Waals surface area contributed by atoms with E-state index in [0.29, 0.717) is 6.54 Å². The number of aryl methyl sites for hydroxylation is 1. The van der Waals surface area contributed by atoms with Crippen LogP contribution in [0.25, 0.3) is 0 Å². The summed E-state index contributed by atoms with van der Waals surface area (Å²) < 4.78 is 5.51. The van der Waals surface area contributed by atoms with Crippen molar-refractivity contribution in [2.75, 3.05) is 13.7 Å². The molecule has 1 aromatic carbocycles. The second-order valence-electron chi connectivity index (χ2n) is 5.05. The molecule has 1 aliphatic rings. The Morgan fingerprint density at radius 1 is 1.41 bits per heavy atom. The van der Waals surface area contributed by atoms with Crippen molar-refractivity contribution in [2.45, 2.75) is 38.5 Å². The number of nitrogens with two attached hydrogens (primary N) is 1. The Labute approximate surface area is 108 Å². The molecular weight excluding hydrogens is 234 g/mol. The van der Waals surface area contributed by atoms with E-state index in [0.717, 1.165) is 29.2 Å². The standard InChI is InChI=1S/C14H20ClNO/c1-9-7-11(14(8-16)5-4-6-14)13(17-3)12(15)10(9)2/h7H,4-6,8,16H2,1-3H3. The number of rotatable bonds is 3. The number of hydrogen-bond acceptors (Lipinski definition) is 2. The lowest BCUT2D eigenvalue weighted by molar-refractivity contribution is 0.243. The molecule has 17 heavy (non-hydrogen) atoms. The average Bonchev–Trinajstić information content (AvgIpc) is 2.26. The molecule has 0 radical (unpaired) electrons. The number of methoxy groups -OCH3 is 1. The first kappa shape index (κ1) is 12.7. The molecule has 0 spiro atoms. The van der Waals surface area contributed by atoms with Crippen LogP contribution >= 0.6 is 11.6 Å². The largest absolute Gasteiger partial charge is 0.495 e. The van der Waals surface area contributed by atoms with Crippen LogP contribution < -0.4 is 10.5 Å². The SMILES string of the molecule is COc1c(C2(CN)CCC2)cc(C)c(C)c1Cl. The molecule has 0 bridgehead atoms. The molecule has 0 heterocycles. The third-order valence-corrected chi connectivity index (χ3v) is 4.66. The number of hydrogen-bond donors (Lipinski definition) is 1. The van der Waals surface area contributed by atoms with Crippen molar-refractivity contribution in [1.82, 2.24) is 0 Å². The van der Waals surface area contributed by atoms with Crippen molar-refractivity contribution in [3.8, 4) is 5.75 Å². The van der Waals surface area contributed by atoms with Gasteiger partial charge in [-0.3, -0.25) is 0 Å². The van der Waals surface area contributed by atoms with Gasteiger partial charge in [0.05, 0.1) is 12.1 Å². The molecule has 1 aliphatic carbocycles. The molecule has 3 heteroatoms. The van der Waals surface area contributed by atoms with Gasteiger partial charge in [0.25, 0.3) is 0 Å². The predicted molar refractivity (Wildman–Crippen MR) is 72.1 cm³/mol. The first-order valence-corrected chi connectivity index (χ1v) is 6.48. The van der Waals surface area contributed by atoms with E-state index in [-0.39, 0.29) is 5.41 Å². The summed E-state index contributed by atoms with van der Waals surface area (Å²) >= 11 is 6.38. The van der Waals surface area contributed by atoms with E-state index < -0.39 is 0 Å². The van der Waals surface area contributed by atoms with Crippen molar-refractivity contribution in [3.63, 3.8) is 0 Å². The topological polar surface area (TPSA) is 35.2 Å². The third kappa shape index (κ3) is 1.84. The maximum absolute atomic E-state index is 6.38. The van der Waals surface area contributed by atoms with E-state index in [4.69, 9.17) is 22.1 Å². The van der Waals surface area contributed by atoms with Crippen LogP contribution in [0, 0.1) is 13.8 Å². The zero-order chi connectivity index (χ0) is 12.6. The van der Waals surface area contributed by atoms with Gasteiger partial charge in [-0.15, -0.1) is 0 Å². The van der Waals surface area contributed by atoms with Crippen molar-refractivity contribution in [3.05, 3.63) is 27.8 Å². The highest BCUT2D eigenvalue weighted by Gasteiger charge is 2.40. The van der Waals surface area contributed by atoms with Gasteiger partial charge in [-0.1, -0.05) is 24.1 Å². The van der Waals surface area contributed by atoms with Crippen molar-refractivity contribution in [2.24, 2.45) is 5.73 Å². The second-order valence-corrected chi connectivity index (χ2v) is 5.43. The summed E-state index contributed by atoms with van der Waals surface area (Å²) in [5.41, 5.74) is 9.56. The maximum atomic E-state index is 6.38. The Kier molecular flexibility index (Phi) is 3.37. The van der Waals surface area contributed by atoms with Gasteiger partial charge in [-0.05, 0) is 37.8 Å². The van der Waals surface area contributed by atoms with E-state index in [2.05, 4.69) is 13.0 Å². The lowest BCUT2D eigenvalue weighted by Crippen LogP contribution is -2.42. The fraction of sp³-hybridized carbons (Fsp3) is 0.571. The average molecular weight is 254 g/mol. The third-order valence-electron chi connectivity index (χ3n) is 4.20. The molecule has 94 valence electrons. The molecule has 0 unspecified atom stereocenters. The van der Waals surface area contributed by atoms with Crippen LogP contribution in [0.1, 0.15) is 36.0 Å².